The highest BCUT2D eigenvalue weighted by Crippen LogP contribution is 2.36. The van der Waals surface area contributed by atoms with E-state index in [1.165, 1.54) is 36.6 Å². The van der Waals surface area contributed by atoms with Crippen molar-refractivity contribution in [3.8, 4) is 5.75 Å². The van der Waals surface area contributed by atoms with Gasteiger partial charge in [0.05, 0.1) is 10.9 Å². The predicted molar refractivity (Wildman–Crippen MR) is 97.6 cm³/mol. The molecule has 0 aromatic heterocycles. The molecule has 0 saturated heterocycles. The number of benzene rings is 2. The fourth-order valence-electron chi connectivity index (χ4n) is 3.64. The first-order valence-corrected chi connectivity index (χ1v) is 10.7. The topological polar surface area (TPSA) is 55.4 Å². The average Bonchev–Trinajstić information content (AvgIpc) is 2.88. The number of sulfone groups is 1. The Morgan fingerprint density at radius 3 is 2.40 bits per heavy atom. The molecule has 0 unspecified atom stereocenters. The summed E-state index contributed by atoms with van der Waals surface area (Å²) in [7, 11) is -3.19. The molecule has 2 aromatic carbocycles. The summed E-state index contributed by atoms with van der Waals surface area (Å²) in [6, 6.07) is 16.0. The maximum atomic E-state index is 11.6. The Morgan fingerprint density at radius 1 is 1.04 bits per heavy atom. The molecule has 2 aromatic rings. The van der Waals surface area contributed by atoms with Gasteiger partial charge in [-0.3, -0.25) is 0 Å². The van der Waals surface area contributed by atoms with Crippen molar-refractivity contribution in [2.24, 2.45) is 0 Å². The minimum absolute atomic E-state index is 0.0408. The van der Waals surface area contributed by atoms with Crippen LogP contribution in [0.15, 0.2) is 53.4 Å². The molecular weight excluding hydrogens is 334 g/mol. The van der Waals surface area contributed by atoms with Gasteiger partial charge in [-0.1, -0.05) is 30.7 Å². The van der Waals surface area contributed by atoms with Gasteiger partial charge in [0.1, 0.15) is 11.9 Å². The normalized spacial score (nSPS) is 23.1. The standard InChI is InChI=1S/C20H23NO3S/c1-25(22,23)17-11-9-16(10-12-17)24-20-18-8-3-2-5-14(18)13-19(20)21-15-6-4-7-15/h2-3,5,8-12,15,19-21H,4,6-7,13H2,1H3/t19-,20+/m0/s1. The van der Waals surface area contributed by atoms with Crippen LogP contribution in [0.5, 0.6) is 5.75 Å². The Balaban J connectivity index is 1.57. The van der Waals surface area contributed by atoms with Gasteiger partial charge in [-0.05, 0) is 54.7 Å². The van der Waals surface area contributed by atoms with E-state index in [-0.39, 0.29) is 12.1 Å². The quantitative estimate of drug-likeness (QED) is 0.892. The van der Waals surface area contributed by atoms with E-state index in [1.807, 2.05) is 6.07 Å². The lowest BCUT2D eigenvalue weighted by atomic mass is 9.92. The van der Waals surface area contributed by atoms with Crippen LogP contribution in [0.3, 0.4) is 0 Å². The number of nitrogens with one attached hydrogen (secondary N) is 1. The first kappa shape index (κ1) is 16.6. The lowest BCUT2D eigenvalue weighted by molar-refractivity contribution is 0.147. The highest BCUT2D eigenvalue weighted by atomic mass is 32.2. The van der Waals surface area contributed by atoms with Crippen molar-refractivity contribution in [2.75, 3.05) is 6.26 Å². The fraction of sp³-hybridized carbons (Fsp3) is 0.400. The van der Waals surface area contributed by atoms with E-state index in [4.69, 9.17) is 4.74 Å². The molecule has 2 aliphatic carbocycles. The lowest BCUT2D eigenvalue weighted by Gasteiger charge is -2.32. The molecule has 0 radical (unpaired) electrons. The molecular formula is C20H23NO3S. The maximum Gasteiger partial charge on any atom is 0.175 e. The summed E-state index contributed by atoms with van der Waals surface area (Å²) in [5.74, 6) is 0.703. The van der Waals surface area contributed by atoms with Crippen molar-refractivity contribution in [1.82, 2.24) is 5.32 Å². The number of rotatable bonds is 5. The van der Waals surface area contributed by atoms with Crippen LogP contribution in [0, 0.1) is 0 Å². The van der Waals surface area contributed by atoms with Gasteiger partial charge in [0, 0.05) is 12.3 Å². The molecule has 2 aliphatic rings. The zero-order valence-corrected chi connectivity index (χ0v) is 15.1. The second-order valence-electron chi connectivity index (χ2n) is 7.09. The zero-order valence-electron chi connectivity index (χ0n) is 14.3. The molecule has 0 spiro atoms. The Kier molecular flexibility index (Phi) is 4.29. The van der Waals surface area contributed by atoms with Crippen molar-refractivity contribution in [1.29, 1.82) is 0 Å². The second kappa shape index (κ2) is 6.46. The fourth-order valence-corrected chi connectivity index (χ4v) is 4.27. The lowest BCUT2D eigenvalue weighted by Crippen LogP contribution is -2.45. The first-order valence-electron chi connectivity index (χ1n) is 8.81. The van der Waals surface area contributed by atoms with Crippen LogP contribution in [0.2, 0.25) is 0 Å². The molecule has 1 N–H and O–H groups in total. The number of hydrogen-bond donors (Lipinski definition) is 1. The zero-order chi connectivity index (χ0) is 17.4. The molecule has 1 fully saturated rings. The molecule has 132 valence electrons. The predicted octanol–water partition coefficient (Wildman–Crippen LogP) is 3.28. The molecule has 0 aliphatic heterocycles. The van der Waals surface area contributed by atoms with Crippen molar-refractivity contribution >= 4 is 9.84 Å². The Labute approximate surface area is 149 Å². The van der Waals surface area contributed by atoms with Crippen LogP contribution in [0.4, 0.5) is 0 Å². The molecule has 1 saturated carbocycles. The van der Waals surface area contributed by atoms with E-state index in [2.05, 4.69) is 23.5 Å². The third-order valence-electron chi connectivity index (χ3n) is 5.24. The summed E-state index contributed by atoms with van der Waals surface area (Å²) in [4.78, 5) is 0.316. The van der Waals surface area contributed by atoms with Gasteiger partial charge in [-0.2, -0.15) is 0 Å². The van der Waals surface area contributed by atoms with E-state index >= 15 is 0 Å². The second-order valence-corrected chi connectivity index (χ2v) is 9.10. The third-order valence-corrected chi connectivity index (χ3v) is 6.37. The number of hydrogen-bond acceptors (Lipinski definition) is 4. The molecule has 25 heavy (non-hydrogen) atoms. The van der Waals surface area contributed by atoms with Crippen LogP contribution >= 0.6 is 0 Å². The van der Waals surface area contributed by atoms with E-state index < -0.39 is 9.84 Å². The Morgan fingerprint density at radius 2 is 1.76 bits per heavy atom. The van der Waals surface area contributed by atoms with Gasteiger partial charge in [0.25, 0.3) is 0 Å². The SMILES string of the molecule is CS(=O)(=O)c1ccc(O[C@@H]2c3ccccc3C[C@@H]2NC2CCC2)cc1. The van der Waals surface area contributed by atoms with Gasteiger partial charge in [0.2, 0.25) is 0 Å². The summed E-state index contributed by atoms with van der Waals surface area (Å²) >= 11 is 0. The van der Waals surface area contributed by atoms with Crippen LogP contribution in [0.25, 0.3) is 0 Å². The minimum atomic E-state index is -3.19. The smallest absolute Gasteiger partial charge is 0.175 e. The van der Waals surface area contributed by atoms with Gasteiger partial charge >= 0.3 is 0 Å². The Hall–Kier alpha value is -1.85. The van der Waals surface area contributed by atoms with Crippen LogP contribution < -0.4 is 10.1 Å². The molecule has 2 atom stereocenters. The number of fused-ring (bicyclic) bond motifs is 1. The van der Waals surface area contributed by atoms with Gasteiger partial charge in [0.15, 0.2) is 9.84 Å². The van der Waals surface area contributed by atoms with Crippen LogP contribution in [-0.2, 0) is 16.3 Å². The summed E-state index contributed by atoms with van der Waals surface area (Å²) in [6.07, 6.45) is 5.93. The molecule has 4 rings (SSSR count). The monoisotopic (exact) mass is 357 g/mol. The van der Waals surface area contributed by atoms with Crippen molar-refractivity contribution in [3.63, 3.8) is 0 Å². The summed E-state index contributed by atoms with van der Waals surface area (Å²) in [6.45, 7) is 0. The van der Waals surface area contributed by atoms with Crippen molar-refractivity contribution < 1.29 is 13.2 Å². The highest BCUT2D eigenvalue weighted by molar-refractivity contribution is 7.90. The molecule has 5 heteroatoms. The number of ether oxygens (including phenoxy) is 1. The maximum absolute atomic E-state index is 11.6. The molecule has 0 amide bonds. The van der Waals surface area contributed by atoms with Gasteiger partial charge < -0.3 is 10.1 Å². The largest absolute Gasteiger partial charge is 0.484 e. The average molecular weight is 357 g/mol. The van der Waals surface area contributed by atoms with Crippen molar-refractivity contribution in [2.45, 2.75) is 48.8 Å². The van der Waals surface area contributed by atoms with E-state index in [0.717, 1.165) is 6.42 Å². The first-order chi connectivity index (χ1) is 12.0. The summed E-state index contributed by atoms with van der Waals surface area (Å²) < 4.78 is 29.5. The molecule has 4 nitrogen and oxygen atoms in total. The van der Waals surface area contributed by atoms with E-state index in [9.17, 15) is 8.42 Å². The summed E-state index contributed by atoms with van der Waals surface area (Å²) in [5, 5.41) is 3.75. The Bertz CT molecular complexity index is 857. The van der Waals surface area contributed by atoms with Gasteiger partial charge in [-0.15, -0.1) is 0 Å². The molecule has 0 bridgehead atoms. The molecule has 0 heterocycles. The highest BCUT2D eigenvalue weighted by Gasteiger charge is 2.36. The third kappa shape index (κ3) is 3.44. The van der Waals surface area contributed by atoms with E-state index in [1.54, 1.807) is 24.3 Å². The minimum Gasteiger partial charge on any atom is -0.484 e. The van der Waals surface area contributed by atoms with Crippen molar-refractivity contribution in [3.05, 3.63) is 59.7 Å². The van der Waals surface area contributed by atoms with Gasteiger partial charge in [-0.25, -0.2) is 8.42 Å². The van der Waals surface area contributed by atoms with Crippen LogP contribution in [0.1, 0.15) is 36.5 Å². The van der Waals surface area contributed by atoms with E-state index in [0.29, 0.717) is 16.7 Å². The summed E-state index contributed by atoms with van der Waals surface area (Å²) in [5.41, 5.74) is 2.56. The van der Waals surface area contributed by atoms with Crippen LogP contribution in [-0.4, -0.2) is 26.8 Å².